The summed E-state index contributed by atoms with van der Waals surface area (Å²) >= 11 is 3.44. The van der Waals surface area contributed by atoms with Gasteiger partial charge in [-0.2, -0.15) is 0 Å². The lowest BCUT2D eigenvalue weighted by Gasteiger charge is -2.30. The van der Waals surface area contributed by atoms with E-state index in [9.17, 15) is 5.11 Å². The van der Waals surface area contributed by atoms with E-state index in [1.54, 1.807) is 0 Å². The molecule has 0 radical (unpaired) electrons. The van der Waals surface area contributed by atoms with Crippen LogP contribution < -0.4 is 5.32 Å². The minimum Gasteiger partial charge on any atom is -0.394 e. The minimum atomic E-state index is -0.241. The molecule has 3 nitrogen and oxygen atoms in total. The normalized spacial score (nSPS) is 25.3. The van der Waals surface area contributed by atoms with Crippen LogP contribution in [-0.4, -0.2) is 36.5 Å². The van der Waals surface area contributed by atoms with E-state index in [0.717, 1.165) is 23.9 Å². The molecule has 0 amide bonds. The van der Waals surface area contributed by atoms with E-state index >= 15 is 0 Å². The van der Waals surface area contributed by atoms with Gasteiger partial charge in [0.15, 0.2) is 0 Å². The number of aliphatic hydroxyl groups excluding tert-OH is 1. The van der Waals surface area contributed by atoms with Gasteiger partial charge in [0, 0.05) is 17.1 Å². The number of hydrogen-bond donors (Lipinski definition) is 2. The second-order valence-corrected chi connectivity index (χ2v) is 6.03. The van der Waals surface area contributed by atoms with Crippen molar-refractivity contribution in [2.45, 2.75) is 31.3 Å². The zero-order valence-corrected chi connectivity index (χ0v) is 12.2. The largest absolute Gasteiger partial charge is 0.394 e. The molecule has 2 rings (SSSR count). The van der Waals surface area contributed by atoms with Gasteiger partial charge in [-0.1, -0.05) is 28.1 Å². The van der Waals surface area contributed by atoms with Crippen LogP contribution in [-0.2, 0) is 11.2 Å². The topological polar surface area (TPSA) is 41.5 Å². The minimum absolute atomic E-state index is 0.137. The Morgan fingerprint density at radius 3 is 2.72 bits per heavy atom. The van der Waals surface area contributed by atoms with E-state index in [1.165, 1.54) is 5.56 Å². The van der Waals surface area contributed by atoms with Crippen molar-refractivity contribution < 1.29 is 9.84 Å². The highest BCUT2D eigenvalue weighted by atomic mass is 79.9. The summed E-state index contributed by atoms with van der Waals surface area (Å²) in [7, 11) is 0. The van der Waals surface area contributed by atoms with Gasteiger partial charge in [-0.05, 0) is 37.5 Å². The second-order valence-electron chi connectivity index (χ2n) is 5.12. The quantitative estimate of drug-likeness (QED) is 0.875. The molecule has 100 valence electrons. The lowest BCUT2D eigenvalue weighted by Crippen LogP contribution is -2.53. The molecule has 0 saturated carbocycles. The molecule has 1 aromatic carbocycles. The van der Waals surface area contributed by atoms with Crippen molar-refractivity contribution in [3.05, 3.63) is 34.3 Å². The molecule has 1 heterocycles. The molecule has 2 atom stereocenters. The van der Waals surface area contributed by atoms with Gasteiger partial charge >= 0.3 is 0 Å². The van der Waals surface area contributed by atoms with E-state index in [1.807, 2.05) is 0 Å². The van der Waals surface area contributed by atoms with E-state index in [4.69, 9.17) is 4.74 Å². The molecule has 1 aliphatic rings. The average molecular weight is 314 g/mol. The first kappa shape index (κ1) is 14.0. The van der Waals surface area contributed by atoms with Crippen molar-refractivity contribution in [1.82, 2.24) is 5.32 Å². The summed E-state index contributed by atoms with van der Waals surface area (Å²) in [4.78, 5) is 0. The first-order chi connectivity index (χ1) is 8.63. The molecule has 1 aliphatic heterocycles. The molecule has 0 unspecified atom stereocenters. The summed E-state index contributed by atoms with van der Waals surface area (Å²) in [5.74, 6) is 0. The predicted molar refractivity (Wildman–Crippen MR) is 75.7 cm³/mol. The van der Waals surface area contributed by atoms with Crippen molar-refractivity contribution in [3.63, 3.8) is 0 Å². The summed E-state index contributed by atoms with van der Waals surface area (Å²) in [6.45, 7) is 3.63. The second kappa shape index (κ2) is 6.15. The first-order valence-electron chi connectivity index (χ1n) is 6.34. The molecular formula is C14H20BrNO2. The van der Waals surface area contributed by atoms with Crippen molar-refractivity contribution in [3.8, 4) is 0 Å². The van der Waals surface area contributed by atoms with Crippen molar-refractivity contribution in [2.75, 3.05) is 19.8 Å². The SMILES string of the molecule is C[C@@H](Cc1ccc(Br)cc1)N[C@@]1(CO)CCOC1. The summed E-state index contributed by atoms with van der Waals surface area (Å²) in [5.41, 5.74) is 1.06. The van der Waals surface area contributed by atoms with Gasteiger partial charge in [-0.15, -0.1) is 0 Å². The van der Waals surface area contributed by atoms with Crippen LogP contribution in [0.1, 0.15) is 18.9 Å². The number of benzene rings is 1. The van der Waals surface area contributed by atoms with Crippen LogP contribution in [0.4, 0.5) is 0 Å². The van der Waals surface area contributed by atoms with Crippen molar-refractivity contribution >= 4 is 15.9 Å². The molecule has 0 aliphatic carbocycles. The molecule has 1 saturated heterocycles. The van der Waals surface area contributed by atoms with Gasteiger partial charge in [-0.3, -0.25) is 0 Å². The third kappa shape index (κ3) is 3.54. The Hall–Kier alpha value is -0.420. The Balaban J connectivity index is 1.91. The first-order valence-corrected chi connectivity index (χ1v) is 7.14. The average Bonchev–Trinajstić information content (AvgIpc) is 2.81. The Morgan fingerprint density at radius 2 is 2.17 bits per heavy atom. The summed E-state index contributed by atoms with van der Waals surface area (Å²) in [6, 6.07) is 8.68. The molecule has 1 fully saturated rings. The van der Waals surface area contributed by atoms with Crippen molar-refractivity contribution in [2.24, 2.45) is 0 Å². The fraction of sp³-hybridized carbons (Fsp3) is 0.571. The van der Waals surface area contributed by atoms with E-state index in [0.29, 0.717) is 12.6 Å². The van der Waals surface area contributed by atoms with Crippen LogP contribution in [0.5, 0.6) is 0 Å². The maximum Gasteiger partial charge on any atom is 0.0675 e. The molecular weight excluding hydrogens is 294 g/mol. The molecule has 1 aromatic rings. The Bertz CT molecular complexity index is 374. The summed E-state index contributed by atoms with van der Waals surface area (Å²) in [6.07, 6.45) is 1.84. The fourth-order valence-electron chi connectivity index (χ4n) is 2.44. The monoisotopic (exact) mass is 313 g/mol. The standard InChI is InChI=1S/C14H20BrNO2/c1-11(8-12-2-4-13(15)5-3-12)16-14(9-17)6-7-18-10-14/h2-5,11,16-17H,6-10H2,1H3/t11-,14+/m0/s1. The van der Waals surface area contributed by atoms with Gasteiger partial charge in [0.05, 0.1) is 18.8 Å². The fourth-order valence-corrected chi connectivity index (χ4v) is 2.70. The van der Waals surface area contributed by atoms with Crippen LogP contribution in [0, 0.1) is 0 Å². The van der Waals surface area contributed by atoms with Gasteiger partial charge in [0.2, 0.25) is 0 Å². The Kier molecular flexibility index (Phi) is 4.78. The Labute approximate surface area is 117 Å². The highest BCUT2D eigenvalue weighted by Gasteiger charge is 2.35. The molecule has 0 bridgehead atoms. The number of rotatable bonds is 5. The maximum atomic E-state index is 9.52. The van der Waals surface area contributed by atoms with Crippen LogP contribution in [0.2, 0.25) is 0 Å². The highest BCUT2D eigenvalue weighted by molar-refractivity contribution is 9.10. The van der Waals surface area contributed by atoms with Crippen LogP contribution >= 0.6 is 15.9 Å². The predicted octanol–water partition coefficient (Wildman–Crippen LogP) is 2.12. The lowest BCUT2D eigenvalue weighted by atomic mass is 9.97. The van der Waals surface area contributed by atoms with E-state index < -0.39 is 0 Å². The maximum absolute atomic E-state index is 9.52. The molecule has 4 heteroatoms. The number of halogens is 1. The van der Waals surface area contributed by atoms with Gasteiger partial charge < -0.3 is 15.2 Å². The summed E-state index contributed by atoms with van der Waals surface area (Å²) < 4.78 is 6.49. The zero-order valence-electron chi connectivity index (χ0n) is 10.7. The van der Waals surface area contributed by atoms with Gasteiger partial charge in [0.25, 0.3) is 0 Å². The van der Waals surface area contributed by atoms with E-state index in [-0.39, 0.29) is 12.1 Å². The van der Waals surface area contributed by atoms with Gasteiger partial charge in [-0.25, -0.2) is 0 Å². The Morgan fingerprint density at radius 1 is 1.44 bits per heavy atom. The van der Waals surface area contributed by atoms with Gasteiger partial charge in [0.1, 0.15) is 0 Å². The molecule has 18 heavy (non-hydrogen) atoms. The summed E-state index contributed by atoms with van der Waals surface area (Å²) in [5, 5.41) is 13.0. The zero-order chi connectivity index (χ0) is 13.0. The van der Waals surface area contributed by atoms with E-state index in [2.05, 4.69) is 52.4 Å². The van der Waals surface area contributed by atoms with Crippen molar-refractivity contribution in [1.29, 1.82) is 0 Å². The van der Waals surface area contributed by atoms with Crippen LogP contribution in [0.25, 0.3) is 0 Å². The lowest BCUT2D eigenvalue weighted by molar-refractivity contribution is 0.114. The number of ether oxygens (including phenoxy) is 1. The molecule has 0 spiro atoms. The number of nitrogens with one attached hydrogen (secondary N) is 1. The highest BCUT2D eigenvalue weighted by Crippen LogP contribution is 2.20. The number of aliphatic hydroxyl groups is 1. The number of hydrogen-bond acceptors (Lipinski definition) is 3. The third-order valence-electron chi connectivity index (χ3n) is 3.41. The molecule has 0 aromatic heterocycles. The smallest absolute Gasteiger partial charge is 0.0675 e. The van der Waals surface area contributed by atoms with Crippen LogP contribution in [0.3, 0.4) is 0 Å². The van der Waals surface area contributed by atoms with Crippen LogP contribution in [0.15, 0.2) is 28.7 Å². The molecule has 2 N–H and O–H groups in total. The third-order valence-corrected chi connectivity index (χ3v) is 3.94.